The number of rotatable bonds is 9. The van der Waals surface area contributed by atoms with Crippen LogP contribution < -0.4 is 11.1 Å². The fourth-order valence-electron chi connectivity index (χ4n) is 2.80. The topological polar surface area (TPSA) is 58.4 Å². The number of nitrogens with two attached hydrogens (primary N) is 1. The highest BCUT2D eigenvalue weighted by atomic mass is 16.1. The SMILES string of the molecule is CC(N)CCCC(C)C(=O)NCC(C)CN1CCCC1. The summed E-state index contributed by atoms with van der Waals surface area (Å²) in [6.45, 7) is 10.6. The van der Waals surface area contributed by atoms with Crippen molar-refractivity contribution in [1.29, 1.82) is 0 Å². The molecule has 4 nitrogen and oxygen atoms in total. The van der Waals surface area contributed by atoms with Crippen molar-refractivity contribution in [3.05, 3.63) is 0 Å². The lowest BCUT2D eigenvalue weighted by molar-refractivity contribution is -0.124. The molecule has 1 aliphatic heterocycles. The molecule has 3 N–H and O–H groups in total. The van der Waals surface area contributed by atoms with E-state index in [1.807, 2.05) is 13.8 Å². The largest absolute Gasteiger partial charge is 0.356 e. The van der Waals surface area contributed by atoms with Crippen LogP contribution in [0.2, 0.25) is 0 Å². The zero-order valence-corrected chi connectivity index (χ0v) is 13.5. The van der Waals surface area contributed by atoms with Crippen LogP contribution in [0.1, 0.15) is 52.9 Å². The molecule has 0 saturated carbocycles. The molecule has 0 aromatic carbocycles. The lowest BCUT2D eigenvalue weighted by atomic mass is 10.0. The average Bonchev–Trinajstić information content (AvgIpc) is 2.88. The van der Waals surface area contributed by atoms with Gasteiger partial charge in [-0.1, -0.05) is 20.3 Å². The smallest absolute Gasteiger partial charge is 0.222 e. The van der Waals surface area contributed by atoms with Crippen LogP contribution in [0, 0.1) is 11.8 Å². The lowest BCUT2D eigenvalue weighted by Crippen LogP contribution is -2.36. The molecule has 20 heavy (non-hydrogen) atoms. The van der Waals surface area contributed by atoms with Crippen molar-refractivity contribution in [2.45, 2.75) is 58.9 Å². The molecule has 0 radical (unpaired) electrons. The summed E-state index contributed by atoms with van der Waals surface area (Å²) in [6.07, 6.45) is 5.64. The van der Waals surface area contributed by atoms with Crippen LogP contribution in [-0.2, 0) is 4.79 Å². The molecule has 0 aromatic heterocycles. The van der Waals surface area contributed by atoms with Gasteiger partial charge in [0.25, 0.3) is 0 Å². The Morgan fingerprint density at radius 3 is 2.45 bits per heavy atom. The van der Waals surface area contributed by atoms with E-state index < -0.39 is 0 Å². The van der Waals surface area contributed by atoms with Crippen LogP contribution in [0.25, 0.3) is 0 Å². The highest BCUT2D eigenvalue weighted by Crippen LogP contribution is 2.11. The van der Waals surface area contributed by atoms with E-state index in [2.05, 4.69) is 17.1 Å². The van der Waals surface area contributed by atoms with E-state index in [4.69, 9.17) is 5.73 Å². The van der Waals surface area contributed by atoms with Crippen molar-refractivity contribution in [3.8, 4) is 0 Å². The van der Waals surface area contributed by atoms with Gasteiger partial charge in [0, 0.05) is 25.0 Å². The van der Waals surface area contributed by atoms with Gasteiger partial charge in [-0.3, -0.25) is 4.79 Å². The van der Waals surface area contributed by atoms with E-state index in [1.54, 1.807) is 0 Å². The van der Waals surface area contributed by atoms with E-state index in [-0.39, 0.29) is 17.9 Å². The second-order valence-electron chi connectivity index (χ2n) is 6.67. The summed E-state index contributed by atoms with van der Waals surface area (Å²) >= 11 is 0. The van der Waals surface area contributed by atoms with Gasteiger partial charge in [-0.25, -0.2) is 0 Å². The maximum absolute atomic E-state index is 12.0. The van der Waals surface area contributed by atoms with E-state index in [9.17, 15) is 4.79 Å². The molecule has 1 amide bonds. The monoisotopic (exact) mass is 283 g/mol. The Bertz CT molecular complexity index is 275. The molecule has 3 atom stereocenters. The number of nitrogens with zero attached hydrogens (tertiary/aromatic N) is 1. The standard InChI is InChI=1S/C16H33N3O/c1-13(12-19-9-4-5-10-19)11-18-16(20)14(2)7-6-8-15(3)17/h13-15H,4-12,17H2,1-3H3,(H,18,20). The van der Waals surface area contributed by atoms with Crippen molar-refractivity contribution >= 4 is 5.91 Å². The first-order valence-electron chi connectivity index (χ1n) is 8.24. The van der Waals surface area contributed by atoms with Crippen LogP contribution in [0.15, 0.2) is 0 Å². The average molecular weight is 283 g/mol. The fourth-order valence-corrected chi connectivity index (χ4v) is 2.80. The van der Waals surface area contributed by atoms with Gasteiger partial charge in [-0.15, -0.1) is 0 Å². The van der Waals surface area contributed by atoms with Gasteiger partial charge in [-0.05, 0) is 51.6 Å². The minimum Gasteiger partial charge on any atom is -0.356 e. The summed E-state index contributed by atoms with van der Waals surface area (Å²) in [5.74, 6) is 0.837. The Balaban J connectivity index is 2.10. The Labute approximate surface area is 124 Å². The minimum absolute atomic E-state index is 0.104. The molecule has 0 spiro atoms. The maximum atomic E-state index is 12.0. The molecule has 0 bridgehead atoms. The van der Waals surface area contributed by atoms with Crippen LogP contribution >= 0.6 is 0 Å². The van der Waals surface area contributed by atoms with Gasteiger partial charge in [0.1, 0.15) is 0 Å². The zero-order chi connectivity index (χ0) is 15.0. The molecule has 1 saturated heterocycles. The van der Waals surface area contributed by atoms with Gasteiger partial charge in [0.2, 0.25) is 5.91 Å². The summed E-state index contributed by atoms with van der Waals surface area (Å²) < 4.78 is 0. The highest BCUT2D eigenvalue weighted by molar-refractivity contribution is 5.78. The Morgan fingerprint density at radius 1 is 1.20 bits per heavy atom. The van der Waals surface area contributed by atoms with Gasteiger partial charge in [0.05, 0.1) is 0 Å². The van der Waals surface area contributed by atoms with Crippen molar-refractivity contribution in [2.24, 2.45) is 17.6 Å². The zero-order valence-electron chi connectivity index (χ0n) is 13.5. The number of hydrogen-bond donors (Lipinski definition) is 2. The second-order valence-corrected chi connectivity index (χ2v) is 6.67. The number of carbonyl (C=O) groups is 1. The molecule has 1 aliphatic rings. The lowest BCUT2D eigenvalue weighted by Gasteiger charge is -2.21. The first kappa shape index (κ1) is 17.4. The summed E-state index contributed by atoms with van der Waals surface area (Å²) in [6, 6.07) is 0.241. The fraction of sp³-hybridized carbons (Fsp3) is 0.938. The third kappa shape index (κ3) is 7.25. The van der Waals surface area contributed by atoms with E-state index in [0.29, 0.717) is 5.92 Å². The normalized spacial score (nSPS) is 20.6. The number of carbonyl (C=O) groups excluding carboxylic acids is 1. The number of likely N-dealkylation sites (tertiary alicyclic amines) is 1. The first-order valence-corrected chi connectivity index (χ1v) is 8.24. The molecular weight excluding hydrogens is 250 g/mol. The van der Waals surface area contributed by atoms with E-state index in [0.717, 1.165) is 32.4 Å². The number of hydrogen-bond acceptors (Lipinski definition) is 3. The van der Waals surface area contributed by atoms with Crippen LogP contribution in [-0.4, -0.2) is 43.0 Å². The van der Waals surface area contributed by atoms with Gasteiger partial charge in [0.15, 0.2) is 0 Å². The Hall–Kier alpha value is -0.610. The number of nitrogens with one attached hydrogen (secondary N) is 1. The molecule has 4 heteroatoms. The molecule has 1 fully saturated rings. The molecule has 3 unspecified atom stereocenters. The third-order valence-corrected chi connectivity index (χ3v) is 4.14. The Kier molecular flexibility index (Phi) is 8.15. The predicted octanol–water partition coefficient (Wildman–Crippen LogP) is 1.99. The third-order valence-electron chi connectivity index (χ3n) is 4.14. The summed E-state index contributed by atoms with van der Waals surface area (Å²) in [7, 11) is 0. The van der Waals surface area contributed by atoms with Crippen molar-refractivity contribution < 1.29 is 4.79 Å². The summed E-state index contributed by atoms with van der Waals surface area (Å²) in [4.78, 5) is 14.5. The quantitative estimate of drug-likeness (QED) is 0.680. The van der Waals surface area contributed by atoms with Crippen molar-refractivity contribution in [1.82, 2.24) is 10.2 Å². The maximum Gasteiger partial charge on any atom is 0.222 e. The van der Waals surface area contributed by atoms with Crippen molar-refractivity contribution in [2.75, 3.05) is 26.2 Å². The van der Waals surface area contributed by atoms with E-state index >= 15 is 0 Å². The second kappa shape index (κ2) is 9.35. The van der Waals surface area contributed by atoms with Crippen LogP contribution in [0.4, 0.5) is 0 Å². The molecule has 1 rings (SSSR count). The van der Waals surface area contributed by atoms with Crippen LogP contribution in [0.5, 0.6) is 0 Å². The first-order chi connectivity index (χ1) is 9.49. The van der Waals surface area contributed by atoms with Gasteiger partial charge >= 0.3 is 0 Å². The Morgan fingerprint density at radius 2 is 1.85 bits per heavy atom. The molecule has 0 aromatic rings. The molecule has 1 heterocycles. The highest BCUT2D eigenvalue weighted by Gasteiger charge is 2.17. The summed E-state index contributed by atoms with van der Waals surface area (Å²) in [5, 5.41) is 3.10. The molecular formula is C16H33N3O. The van der Waals surface area contributed by atoms with Gasteiger partial charge in [-0.2, -0.15) is 0 Å². The molecule has 0 aliphatic carbocycles. The van der Waals surface area contributed by atoms with Crippen LogP contribution in [0.3, 0.4) is 0 Å². The molecule has 118 valence electrons. The number of amides is 1. The van der Waals surface area contributed by atoms with Gasteiger partial charge < -0.3 is 16.0 Å². The summed E-state index contributed by atoms with van der Waals surface area (Å²) in [5.41, 5.74) is 5.73. The van der Waals surface area contributed by atoms with E-state index in [1.165, 1.54) is 25.9 Å². The van der Waals surface area contributed by atoms with Crippen molar-refractivity contribution in [3.63, 3.8) is 0 Å². The predicted molar refractivity (Wildman–Crippen MR) is 84.5 cm³/mol. The minimum atomic E-state index is 0.104.